The number of benzene rings is 3. The van der Waals surface area contributed by atoms with Gasteiger partial charge in [-0.3, -0.25) is 4.79 Å². The van der Waals surface area contributed by atoms with Gasteiger partial charge < -0.3 is 5.32 Å². The second-order valence-electron chi connectivity index (χ2n) is 7.75. The number of nitrogens with one attached hydrogen (secondary N) is 1. The summed E-state index contributed by atoms with van der Waals surface area (Å²) < 4.78 is 64.7. The van der Waals surface area contributed by atoms with Gasteiger partial charge in [-0.25, -0.2) is 26.4 Å². The van der Waals surface area contributed by atoms with Crippen molar-refractivity contribution in [1.82, 2.24) is 9.62 Å². The fourth-order valence-electron chi connectivity index (χ4n) is 3.16. The number of carbonyl (C=O) groups is 1. The third kappa shape index (κ3) is 6.86. The van der Waals surface area contributed by atoms with Gasteiger partial charge in [0.1, 0.15) is 5.82 Å². The SMILES string of the molecule is Cc1ccc(S(=O)(=O)N(CC(=O)NCc2ccc(S(N)(=O)=O)cc2)Cc2c(F)cccc2Cl)cc1. The lowest BCUT2D eigenvalue weighted by molar-refractivity contribution is -0.121. The van der Waals surface area contributed by atoms with Gasteiger partial charge in [-0.15, -0.1) is 0 Å². The predicted octanol–water partition coefficient (Wildman–Crippen LogP) is 2.94. The molecule has 3 aromatic carbocycles. The van der Waals surface area contributed by atoms with Crippen molar-refractivity contribution in [1.29, 1.82) is 0 Å². The van der Waals surface area contributed by atoms with Gasteiger partial charge in [0.25, 0.3) is 0 Å². The first-order valence-electron chi connectivity index (χ1n) is 10.3. The van der Waals surface area contributed by atoms with Crippen LogP contribution in [0.2, 0.25) is 5.02 Å². The van der Waals surface area contributed by atoms with Crippen LogP contribution in [0.4, 0.5) is 4.39 Å². The van der Waals surface area contributed by atoms with Gasteiger partial charge in [-0.1, -0.05) is 47.5 Å². The first-order valence-corrected chi connectivity index (χ1v) is 13.6. The second kappa shape index (κ2) is 10.8. The lowest BCUT2D eigenvalue weighted by Gasteiger charge is -2.23. The van der Waals surface area contributed by atoms with Crippen molar-refractivity contribution < 1.29 is 26.0 Å². The van der Waals surface area contributed by atoms with Gasteiger partial charge in [-0.2, -0.15) is 4.31 Å². The molecular weight excluding hydrogens is 517 g/mol. The Bertz CT molecular complexity index is 1410. The fraction of sp³-hybridized carbons (Fsp3) is 0.174. The lowest BCUT2D eigenvalue weighted by Crippen LogP contribution is -2.40. The summed E-state index contributed by atoms with van der Waals surface area (Å²) in [7, 11) is -8.03. The minimum Gasteiger partial charge on any atom is -0.351 e. The number of aryl methyl sites for hydroxylation is 1. The van der Waals surface area contributed by atoms with E-state index in [1.165, 1.54) is 48.5 Å². The Labute approximate surface area is 208 Å². The minimum atomic E-state index is -4.18. The van der Waals surface area contributed by atoms with E-state index in [1.54, 1.807) is 19.1 Å². The molecule has 0 atom stereocenters. The zero-order valence-corrected chi connectivity index (χ0v) is 21.0. The molecule has 3 aromatic rings. The topological polar surface area (TPSA) is 127 Å². The molecule has 0 unspecified atom stereocenters. The summed E-state index contributed by atoms with van der Waals surface area (Å²) in [5, 5.41) is 7.68. The van der Waals surface area contributed by atoms with E-state index in [-0.39, 0.29) is 26.9 Å². The second-order valence-corrected chi connectivity index (χ2v) is 11.7. The fourth-order valence-corrected chi connectivity index (χ4v) is 5.26. The summed E-state index contributed by atoms with van der Waals surface area (Å²) in [5.74, 6) is -1.35. The van der Waals surface area contributed by atoms with Crippen LogP contribution in [0.25, 0.3) is 0 Å². The quantitative estimate of drug-likeness (QED) is 0.432. The molecule has 0 aromatic heterocycles. The van der Waals surface area contributed by atoms with E-state index in [9.17, 15) is 26.0 Å². The van der Waals surface area contributed by atoms with Crippen LogP contribution in [-0.4, -0.2) is 33.6 Å². The monoisotopic (exact) mass is 539 g/mol. The molecule has 0 radical (unpaired) electrons. The van der Waals surface area contributed by atoms with Gasteiger partial charge in [0.05, 0.1) is 16.3 Å². The van der Waals surface area contributed by atoms with E-state index >= 15 is 0 Å². The summed E-state index contributed by atoms with van der Waals surface area (Å²) in [4.78, 5) is 12.6. The van der Waals surface area contributed by atoms with Crippen molar-refractivity contribution in [3.05, 3.63) is 94.3 Å². The Morgan fingerprint density at radius 1 is 0.971 bits per heavy atom. The highest BCUT2D eigenvalue weighted by Gasteiger charge is 2.28. The van der Waals surface area contributed by atoms with Crippen molar-refractivity contribution >= 4 is 37.6 Å². The zero-order chi connectivity index (χ0) is 25.8. The first kappa shape index (κ1) is 26.8. The number of sulfonamides is 2. The van der Waals surface area contributed by atoms with Crippen molar-refractivity contribution in [2.75, 3.05) is 6.54 Å². The van der Waals surface area contributed by atoms with E-state index in [1.807, 2.05) is 0 Å². The third-order valence-corrected chi connectivity index (χ3v) is 8.21. The molecule has 35 heavy (non-hydrogen) atoms. The molecule has 0 aliphatic rings. The van der Waals surface area contributed by atoms with Crippen LogP contribution < -0.4 is 10.5 Å². The Balaban J connectivity index is 1.82. The molecule has 0 heterocycles. The highest BCUT2D eigenvalue weighted by molar-refractivity contribution is 7.89. The zero-order valence-electron chi connectivity index (χ0n) is 18.6. The average Bonchev–Trinajstić information content (AvgIpc) is 2.79. The van der Waals surface area contributed by atoms with Crippen LogP contribution in [-0.2, 0) is 37.9 Å². The number of amides is 1. The van der Waals surface area contributed by atoms with Gasteiger partial charge in [0, 0.05) is 23.7 Å². The molecule has 8 nitrogen and oxygen atoms in total. The molecule has 186 valence electrons. The van der Waals surface area contributed by atoms with Crippen molar-refractivity contribution in [2.45, 2.75) is 29.8 Å². The van der Waals surface area contributed by atoms with E-state index in [4.69, 9.17) is 16.7 Å². The van der Waals surface area contributed by atoms with Crippen LogP contribution in [0.1, 0.15) is 16.7 Å². The smallest absolute Gasteiger partial charge is 0.243 e. The molecule has 0 saturated heterocycles. The number of primary sulfonamides is 1. The number of halogens is 2. The largest absolute Gasteiger partial charge is 0.351 e. The summed E-state index contributed by atoms with van der Waals surface area (Å²) in [6.45, 7) is 0.743. The molecule has 3 N–H and O–H groups in total. The standard InChI is InChI=1S/C23H23ClFN3O5S2/c1-16-5-9-19(10-6-16)35(32,33)28(14-20-21(24)3-2-4-22(20)25)15-23(29)27-13-17-7-11-18(12-8-17)34(26,30)31/h2-12H,13-15H2,1H3,(H,27,29)(H2,26,30,31). The number of hydrogen-bond donors (Lipinski definition) is 2. The maximum atomic E-state index is 14.4. The molecule has 12 heteroatoms. The number of rotatable bonds is 9. The normalized spacial score (nSPS) is 12.0. The third-order valence-electron chi connectivity index (χ3n) is 5.12. The highest BCUT2D eigenvalue weighted by Crippen LogP contribution is 2.25. The Morgan fingerprint density at radius 2 is 1.57 bits per heavy atom. The van der Waals surface area contributed by atoms with Gasteiger partial charge in [0.15, 0.2) is 0 Å². The molecule has 0 fully saturated rings. The van der Waals surface area contributed by atoms with Crippen LogP contribution >= 0.6 is 11.6 Å². The molecule has 0 saturated carbocycles. The van der Waals surface area contributed by atoms with Gasteiger partial charge in [0.2, 0.25) is 26.0 Å². The summed E-state index contributed by atoms with van der Waals surface area (Å²) in [6, 6.07) is 15.6. The van der Waals surface area contributed by atoms with E-state index in [0.29, 0.717) is 5.56 Å². The molecular formula is C23H23ClFN3O5S2. The lowest BCUT2D eigenvalue weighted by atomic mass is 10.2. The predicted molar refractivity (Wildman–Crippen MR) is 130 cm³/mol. The molecule has 0 bridgehead atoms. The molecule has 0 spiro atoms. The Hall–Kier alpha value is -2.83. The van der Waals surface area contributed by atoms with E-state index < -0.39 is 44.9 Å². The van der Waals surface area contributed by atoms with Crippen LogP contribution in [0.15, 0.2) is 76.5 Å². The van der Waals surface area contributed by atoms with Crippen LogP contribution in [0, 0.1) is 12.7 Å². The van der Waals surface area contributed by atoms with E-state index in [2.05, 4.69) is 5.32 Å². The number of nitrogens with zero attached hydrogens (tertiary/aromatic N) is 1. The van der Waals surface area contributed by atoms with Crippen LogP contribution in [0.3, 0.4) is 0 Å². The maximum Gasteiger partial charge on any atom is 0.243 e. The van der Waals surface area contributed by atoms with Gasteiger partial charge >= 0.3 is 0 Å². The summed E-state index contributed by atoms with van der Waals surface area (Å²) in [6.07, 6.45) is 0. The van der Waals surface area contributed by atoms with Crippen molar-refractivity contribution in [3.63, 3.8) is 0 Å². The van der Waals surface area contributed by atoms with Gasteiger partial charge in [-0.05, 0) is 48.9 Å². The number of carbonyl (C=O) groups excluding carboxylic acids is 1. The van der Waals surface area contributed by atoms with Crippen molar-refractivity contribution in [2.24, 2.45) is 5.14 Å². The number of hydrogen-bond acceptors (Lipinski definition) is 5. The molecule has 0 aliphatic heterocycles. The molecule has 3 rings (SSSR count). The summed E-state index contributed by atoms with van der Waals surface area (Å²) in [5.41, 5.74) is 1.35. The maximum absolute atomic E-state index is 14.4. The summed E-state index contributed by atoms with van der Waals surface area (Å²) >= 11 is 6.10. The number of nitrogens with two attached hydrogens (primary N) is 1. The molecule has 1 amide bonds. The Morgan fingerprint density at radius 3 is 2.14 bits per heavy atom. The Kier molecular flexibility index (Phi) is 8.29. The minimum absolute atomic E-state index is 0.00259. The van der Waals surface area contributed by atoms with Crippen LogP contribution in [0.5, 0.6) is 0 Å². The first-order chi connectivity index (χ1) is 16.4. The average molecular weight is 540 g/mol. The van der Waals surface area contributed by atoms with E-state index in [0.717, 1.165) is 15.9 Å². The molecule has 0 aliphatic carbocycles. The highest BCUT2D eigenvalue weighted by atomic mass is 35.5. The van der Waals surface area contributed by atoms with Crippen molar-refractivity contribution in [3.8, 4) is 0 Å².